The van der Waals surface area contributed by atoms with Gasteiger partial charge in [-0.3, -0.25) is 14.5 Å². The number of carbonyl (C=O) groups excluding carboxylic acids is 2. The number of fused-ring (bicyclic) bond motifs is 3. The van der Waals surface area contributed by atoms with Crippen LogP contribution in [-0.4, -0.2) is 47.7 Å². The van der Waals surface area contributed by atoms with Crippen LogP contribution in [0.1, 0.15) is 49.7 Å². The molecule has 7 nitrogen and oxygen atoms in total. The SMILES string of the molecule is CCCN1C(=O)[C@@H]2[C@@H](CC(COc3ccccc3)=C3[C@@H](CC/C(=C/c4ccc(CO)o4)c4ccccc4)OC[C@@H]32)C1=O. The molecule has 2 aromatic carbocycles. The molecule has 2 amide bonds. The number of benzene rings is 2. The molecular weight excluding hydrogens is 530 g/mol. The first-order chi connectivity index (χ1) is 20.6. The summed E-state index contributed by atoms with van der Waals surface area (Å²) in [6, 6.07) is 23.5. The van der Waals surface area contributed by atoms with Gasteiger partial charge in [0.25, 0.3) is 0 Å². The highest BCUT2D eigenvalue weighted by Crippen LogP contribution is 2.50. The fourth-order valence-corrected chi connectivity index (χ4v) is 6.77. The first-order valence-corrected chi connectivity index (χ1v) is 14.9. The Morgan fingerprint density at radius 1 is 1.00 bits per heavy atom. The van der Waals surface area contributed by atoms with E-state index in [0.717, 1.165) is 40.9 Å². The lowest BCUT2D eigenvalue weighted by atomic mass is 9.69. The van der Waals surface area contributed by atoms with Crippen molar-refractivity contribution < 1.29 is 28.6 Å². The number of aliphatic hydroxyl groups is 1. The molecule has 2 fully saturated rings. The Balaban J connectivity index is 1.29. The van der Waals surface area contributed by atoms with Gasteiger partial charge in [0.15, 0.2) is 0 Å². The topological polar surface area (TPSA) is 89.2 Å². The van der Waals surface area contributed by atoms with Crippen LogP contribution in [0.15, 0.2) is 88.4 Å². The van der Waals surface area contributed by atoms with Gasteiger partial charge < -0.3 is 19.0 Å². The highest BCUT2D eigenvalue weighted by atomic mass is 16.5. The lowest BCUT2D eigenvalue weighted by molar-refractivity contribution is -0.140. The molecule has 1 aliphatic carbocycles. The van der Waals surface area contributed by atoms with Gasteiger partial charge in [-0.25, -0.2) is 0 Å². The summed E-state index contributed by atoms with van der Waals surface area (Å²) in [6.07, 6.45) is 4.54. The minimum atomic E-state index is -0.367. The number of ether oxygens (including phenoxy) is 2. The maximum Gasteiger partial charge on any atom is 0.233 e. The van der Waals surface area contributed by atoms with E-state index in [2.05, 4.69) is 12.1 Å². The van der Waals surface area contributed by atoms with E-state index >= 15 is 0 Å². The van der Waals surface area contributed by atoms with Crippen molar-refractivity contribution in [3.63, 3.8) is 0 Å². The standard InChI is InChI=1S/C35H37NO6/c1-2-17-36-34(38)29-19-25(21-40-26-11-7-4-8-12-26)32-30(33(29)35(36)39)22-41-31(32)16-13-24(23-9-5-3-6-10-23)18-27-14-15-28(20-37)42-27/h3-12,14-15,18,29-31,33,37H,2,13,16-17,19-22H2,1H3/b24-18-/t29-,30+,31-,33-/m1/s1. The second-order valence-corrected chi connectivity index (χ2v) is 11.3. The molecule has 3 aliphatic rings. The maximum absolute atomic E-state index is 13.5. The summed E-state index contributed by atoms with van der Waals surface area (Å²) < 4.78 is 18.4. The second kappa shape index (κ2) is 12.5. The Kier molecular flexibility index (Phi) is 8.40. The van der Waals surface area contributed by atoms with Crippen molar-refractivity contribution in [3.8, 4) is 5.75 Å². The van der Waals surface area contributed by atoms with Crippen molar-refractivity contribution in [1.29, 1.82) is 0 Å². The lowest BCUT2D eigenvalue weighted by Gasteiger charge is -2.32. The van der Waals surface area contributed by atoms with Crippen molar-refractivity contribution in [1.82, 2.24) is 4.90 Å². The first-order valence-electron chi connectivity index (χ1n) is 14.9. The third-order valence-corrected chi connectivity index (χ3v) is 8.68. The number of para-hydroxylation sites is 1. The second-order valence-electron chi connectivity index (χ2n) is 11.3. The predicted molar refractivity (Wildman–Crippen MR) is 159 cm³/mol. The van der Waals surface area contributed by atoms with E-state index in [9.17, 15) is 14.7 Å². The summed E-state index contributed by atoms with van der Waals surface area (Å²) in [4.78, 5) is 28.4. The number of rotatable bonds is 11. The van der Waals surface area contributed by atoms with Gasteiger partial charge in [0.2, 0.25) is 11.8 Å². The highest BCUT2D eigenvalue weighted by Gasteiger charge is 2.56. The molecule has 42 heavy (non-hydrogen) atoms. The number of likely N-dealkylation sites (tertiary alicyclic amines) is 1. The third-order valence-electron chi connectivity index (χ3n) is 8.68. The summed E-state index contributed by atoms with van der Waals surface area (Å²) >= 11 is 0. The zero-order valence-corrected chi connectivity index (χ0v) is 23.9. The van der Waals surface area contributed by atoms with Gasteiger partial charge in [-0.15, -0.1) is 0 Å². The molecule has 1 N–H and O–H groups in total. The van der Waals surface area contributed by atoms with Crippen LogP contribution in [0.3, 0.4) is 0 Å². The average Bonchev–Trinajstić information content (AvgIpc) is 3.73. The monoisotopic (exact) mass is 567 g/mol. The van der Waals surface area contributed by atoms with Gasteiger partial charge in [-0.2, -0.15) is 0 Å². The number of hydrogen-bond donors (Lipinski definition) is 1. The van der Waals surface area contributed by atoms with Crippen molar-refractivity contribution >= 4 is 23.5 Å². The minimum absolute atomic E-state index is 0.0518. The van der Waals surface area contributed by atoms with Gasteiger partial charge in [-0.1, -0.05) is 55.5 Å². The molecule has 218 valence electrons. The Morgan fingerprint density at radius 2 is 1.76 bits per heavy atom. The quantitative estimate of drug-likeness (QED) is 0.229. The third kappa shape index (κ3) is 5.59. The normalized spacial score (nSPS) is 23.9. The summed E-state index contributed by atoms with van der Waals surface area (Å²) in [5, 5.41) is 9.45. The number of aliphatic hydroxyl groups excluding tert-OH is 1. The number of amides is 2. The van der Waals surface area contributed by atoms with Gasteiger partial charge in [0.05, 0.1) is 24.5 Å². The van der Waals surface area contributed by atoms with Crippen LogP contribution >= 0.6 is 0 Å². The fourth-order valence-electron chi connectivity index (χ4n) is 6.77. The number of imide groups is 1. The highest BCUT2D eigenvalue weighted by molar-refractivity contribution is 6.06. The van der Waals surface area contributed by atoms with E-state index in [4.69, 9.17) is 13.9 Å². The summed E-state index contributed by atoms with van der Waals surface area (Å²) in [5.74, 6) is 1.03. The van der Waals surface area contributed by atoms with Crippen LogP contribution in [0.2, 0.25) is 0 Å². The van der Waals surface area contributed by atoms with Crippen LogP contribution in [0, 0.1) is 17.8 Å². The van der Waals surface area contributed by atoms with Crippen LogP contribution < -0.4 is 4.74 Å². The zero-order valence-electron chi connectivity index (χ0n) is 23.9. The molecule has 2 saturated heterocycles. The number of hydrogen-bond acceptors (Lipinski definition) is 6. The number of allylic oxidation sites excluding steroid dienone is 1. The molecule has 7 heteroatoms. The van der Waals surface area contributed by atoms with Gasteiger partial charge in [0, 0.05) is 12.5 Å². The summed E-state index contributed by atoms with van der Waals surface area (Å²) in [7, 11) is 0. The Hall–Kier alpha value is -3.94. The molecule has 0 spiro atoms. The Labute approximate surface area is 246 Å². The van der Waals surface area contributed by atoms with Gasteiger partial charge >= 0.3 is 0 Å². The molecule has 0 bridgehead atoms. The Bertz CT molecular complexity index is 1470. The average molecular weight is 568 g/mol. The smallest absolute Gasteiger partial charge is 0.233 e. The molecule has 0 saturated carbocycles. The van der Waals surface area contributed by atoms with E-state index in [-0.39, 0.29) is 42.3 Å². The van der Waals surface area contributed by atoms with Crippen molar-refractivity contribution in [3.05, 3.63) is 101 Å². The number of carbonyl (C=O) groups is 2. The molecule has 3 aromatic rings. The predicted octanol–water partition coefficient (Wildman–Crippen LogP) is 5.90. The summed E-state index contributed by atoms with van der Waals surface area (Å²) in [6.45, 7) is 3.10. The molecule has 0 unspecified atom stereocenters. The van der Waals surface area contributed by atoms with Crippen LogP contribution in [-0.2, 0) is 20.9 Å². The van der Waals surface area contributed by atoms with Gasteiger partial charge in [-0.05, 0) is 78.3 Å². The van der Waals surface area contributed by atoms with Crippen LogP contribution in [0.25, 0.3) is 11.6 Å². The van der Waals surface area contributed by atoms with E-state index in [0.29, 0.717) is 44.1 Å². The van der Waals surface area contributed by atoms with Crippen molar-refractivity contribution in [2.45, 2.75) is 45.3 Å². The first kappa shape index (κ1) is 28.2. The molecule has 6 rings (SSSR count). The molecule has 3 heterocycles. The number of nitrogens with zero attached hydrogens (tertiary/aromatic N) is 1. The largest absolute Gasteiger partial charge is 0.489 e. The molecule has 2 aliphatic heterocycles. The maximum atomic E-state index is 13.5. The van der Waals surface area contributed by atoms with E-state index < -0.39 is 0 Å². The molecule has 0 radical (unpaired) electrons. The Morgan fingerprint density at radius 3 is 2.48 bits per heavy atom. The van der Waals surface area contributed by atoms with E-state index in [1.165, 1.54) is 4.90 Å². The van der Waals surface area contributed by atoms with E-state index in [1.807, 2.05) is 67.6 Å². The lowest BCUT2D eigenvalue weighted by Crippen LogP contribution is -2.35. The minimum Gasteiger partial charge on any atom is -0.489 e. The van der Waals surface area contributed by atoms with E-state index in [1.54, 1.807) is 6.07 Å². The molecule has 1 aromatic heterocycles. The van der Waals surface area contributed by atoms with Gasteiger partial charge in [0.1, 0.15) is 30.5 Å². The molecule has 4 atom stereocenters. The summed E-state index contributed by atoms with van der Waals surface area (Å²) in [5.41, 5.74) is 4.40. The number of furan rings is 1. The zero-order chi connectivity index (χ0) is 29.1. The fraction of sp³-hybridized carbons (Fsp3) is 0.371. The molecular formula is C35H37NO6. The van der Waals surface area contributed by atoms with Crippen LogP contribution in [0.4, 0.5) is 0 Å². The van der Waals surface area contributed by atoms with Crippen molar-refractivity contribution in [2.24, 2.45) is 17.8 Å². The van der Waals surface area contributed by atoms with Crippen LogP contribution in [0.5, 0.6) is 5.75 Å². The van der Waals surface area contributed by atoms with Crippen molar-refractivity contribution in [2.75, 3.05) is 19.8 Å².